The van der Waals surface area contributed by atoms with Crippen LogP contribution in [0.5, 0.6) is 5.75 Å². The summed E-state index contributed by atoms with van der Waals surface area (Å²) in [5.74, 6) is -0.721. The van der Waals surface area contributed by atoms with Gasteiger partial charge in [-0.05, 0) is 66.7 Å². The number of amides is 2. The van der Waals surface area contributed by atoms with Gasteiger partial charge in [0.25, 0.3) is 11.8 Å². The summed E-state index contributed by atoms with van der Waals surface area (Å²) in [6.45, 7) is 1.30. The molecule has 0 aliphatic rings. The Hall–Kier alpha value is -3.45. The fourth-order valence-corrected chi connectivity index (χ4v) is 2.78. The van der Waals surface area contributed by atoms with Crippen molar-refractivity contribution >= 4 is 45.1 Å². The molecule has 3 rings (SSSR count). The predicted molar refractivity (Wildman–Crippen MR) is 114 cm³/mol. The van der Waals surface area contributed by atoms with Crippen LogP contribution in [-0.2, 0) is 4.79 Å². The van der Waals surface area contributed by atoms with Crippen LogP contribution in [0.3, 0.4) is 0 Å². The van der Waals surface area contributed by atoms with Crippen molar-refractivity contribution in [3.63, 3.8) is 0 Å². The third-order valence-electron chi connectivity index (χ3n) is 3.86. The average molecular weight is 453 g/mol. The van der Waals surface area contributed by atoms with Gasteiger partial charge in [0, 0.05) is 33.9 Å². The normalized spacial score (nSPS) is 10.1. The number of hydrogen-bond acceptors (Lipinski definition) is 4. The second-order valence-electron chi connectivity index (χ2n) is 6.11. The first kappa shape index (κ1) is 20.3. The predicted octanol–water partition coefficient (Wildman–Crippen LogP) is 4.88. The Kier molecular flexibility index (Phi) is 6.41. The lowest BCUT2D eigenvalue weighted by Crippen LogP contribution is -2.13. The van der Waals surface area contributed by atoms with Crippen LogP contribution in [0.4, 0.5) is 11.4 Å². The highest BCUT2D eigenvalue weighted by molar-refractivity contribution is 9.10. The number of carbonyl (C=O) groups is 3. The van der Waals surface area contributed by atoms with Crippen molar-refractivity contribution in [1.82, 2.24) is 0 Å². The van der Waals surface area contributed by atoms with Crippen LogP contribution >= 0.6 is 15.9 Å². The fraction of sp³-hybridized carbons (Fsp3) is 0.0455. The Morgan fingerprint density at radius 3 is 1.86 bits per heavy atom. The van der Waals surface area contributed by atoms with Gasteiger partial charge in [-0.2, -0.15) is 0 Å². The minimum absolute atomic E-state index is 0.225. The highest BCUT2D eigenvalue weighted by Crippen LogP contribution is 2.18. The Morgan fingerprint density at radius 1 is 0.759 bits per heavy atom. The van der Waals surface area contributed by atoms with Gasteiger partial charge >= 0.3 is 5.97 Å². The van der Waals surface area contributed by atoms with Crippen LogP contribution < -0.4 is 15.4 Å². The maximum atomic E-state index is 12.4. The second kappa shape index (κ2) is 9.16. The summed E-state index contributed by atoms with van der Waals surface area (Å²) in [6.07, 6.45) is 0. The zero-order valence-corrected chi connectivity index (χ0v) is 17.0. The van der Waals surface area contributed by atoms with E-state index in [2.05, 4.69) is 26.6 Å². The topological polar surface area (TPSA) is 84.5 Å². The summed E-state index contributed by atoms with van der Waals surface area (Å²) >= 11 is 3.33. The van der Waals surface area contributed by atoms with Crippen molar-refractivity contribution in [3.05, 3.63) is 88.4 Å². The summed E-state index contributed by atoms with van der Waals surface area (Å²) in [4.78, 5) is 35.7. The van der Waals surface area contributed by atoms with E-state index in [1.54, 1.807) is 66.7 Å². The number of ether oxygens (including phenoxy) is 1. The quantitative estimate of drug-likeness (QED) is 0.426. The number of rotatable bonds is 5. The van der Waals surface area contributed by atoms with Crippen LogP contribution in [0.15, 0.2) is 77.3 Å². The van der Waals surface area contributed by atoms with Crippen LogP contribution in [0.1, 0.15) is 27.6 Å². The molecule has 0 aromatic heterocycles. The van der Waals surface area contributed by atoms with E-state index in [0.29, 0.717) is 28.3 Å². The van der Waals surface area contributed by atoms with E-state index in [1.807, 2.05) is 0 Å². The summed E-state index contributed by atoms with van der Waals surface area (Å²) in [7, 11) is 0. The zero-order chi connectivity index (χ0) is 20.8. The first-order chi connectivity index (χ1) is 13.9. The molecule has 3 aromatic carbocycles. The summed E-state index contributed by atoms with van der Waals surface area (Å²) in [6, 6.07) is 20.1. The van der Waals surface area contributed by atoms with Crippen LogP contribution in [0, 0.1) is 0 Å². The van der Waals surface area contributed by atoms with Gasteiger partial charge in [0.15, 0.2) is 0 Å². The zero-order valence-electron chi connectivity index (χ0n) is 15.4. The molecule has 0 atom stereocenters. The largest absolute Gasteiger partial charge is 0.427 e. The standard InChI is InChI=1S/C22H17BrN2O4/c1-14(26)29-20-4-2-3-16(13-20)22(28)25-19-11-9-18(10-12-19)24-21(27)15-5-7-17(23)8-6-15/h2-13H,1H3,(H,24,27)(H,25,28). The van der Waals surface area contributed by atoms with E-state index in [4.69, 9.17) is 4.74 Å². The fourth-order valence-electron chi connectivity index (χ4n) is 2.51. The van der Waals surface area contributed by atoms with Gasteiger partial charge in [0.1, 0.15) is 5.75 Å². The van der Waals surface area contributed by atoms with E-state index in [-0.39, 0.29) is 11.8 Å². The third kappa shape index (κ3) is 5.76. The number of benzene rings is 3. The minimum Gasteiger partial charge on any atom is -0.427 e. The van der Waals surface area contributed by atoms with Gasteiger partial charge in [-0.15, -0.1) is 0 Å². The van der Waals surface area contributed by atoms with E-state index >= 15 is 0 Å². The number of halogens is 1. The second-order valence-corrected chi connectivity index (χ2v) is 7.03. The van der Waals surface area contributed by atoms with Gasteiger partial charge in [-0.1, -0.05) is 22.0 Å². The van der Waals surface area contributed by atoms with E-state index in [1.165, 1.54) is 13.0 Å². The van der Waals surface area contributed by atoms with Crippen molar-refractivity contribution in [3.8, 4) is 5.75 Å². The summed E-state index contributed by atoms with van der Waals surface area (Å²) in [5.41, 5.74) is 2.07. The molecule has 0 fully saturated rings. The molecule has 2 N–H and O–H groups in total. The van der Waals surface area contributed by atoms with Gasteiger partial charge in [0.05, 0.1) is 0 Å². The van der Waals surface area contributed by atoms with E-state index in [9.17, 15) is 14.4 Å². The van der Waals surface area contributed by atoms with Crippen molar-refractivity contribution in [2.45, 2.75) is 6.92 Å². The molecule has 0 saturated carbocycles. The molecule has 7 heteroatoms. The molecule has 0 radical (unpaired) electrons. The molecule has 146 valence electrons. The van der Waals surface area contributed by atoms with E-state index < -0.39 is 5.97 Å². The summed E-state index contributed by atoms with van der Waals surface area (Å²) in [5, 5.41) is 5.56. The lowest BCUT2D eigenvalue weighted by atomic mass is 10.2. The monoisotopic (exact) mass is 452 g/mol. The molecule has 0 unspecified atom stereocenters. The lowest BCUT2D eigenvalue weighted by molar-refractivity contribution is -0.131. The molecule has 0 spiro atoms. The Labute approximate surface area is 176 Å². The van der Waals surface area contributed by atoms with Crippen molar-refractivity contribution < 1.29 is 19.1 Å². The molecule has 6 nitrogen and oxygen atoms in total. The van der Waals surface area contributed by atoms with Gasteiger partial charge in [-0.3, -0.25) is 14.4 Å². The molecule has 3 aromatic rings. The number of anilines is 2. The molecule has 0 aliphatic carbocycles. The molecule has 0 bridgehead atoms. The molecule has 29 heavy (non-hydrogen) atoms. The first-order valence-electron chi connectivity index (χ1n) is 8.67. The molecular weight excluding hydrogens is 436 g/mol. The van der Waals surface area contributed by atoms with Crippen molar-refractivity contribution in [2.24, 2.45) is 0 Å². The SMILES string of the molecule is CC(=O)Oc1cccc(C(=O)Nc2ccc(NC(=O)c3ccc(Br)cc3)cc2)c1. The Balaban J connectivity index is 1.63. The maximum absolute atomic E-state index is 12.4. The number of esters is 1. The van der Waals surface area contributed by atoms with E-state index in [0.717, 1.165) is 4.47 Å². The maximum Gasteiger partial charge on any atom is 0.308 e. The highest BCUT2D eigenvalue weighted by atomic mass is 79.9. The van der Waals surface area contributed by atoms with Gasteiger partial charge in [0.2, 0.25) is 0 Å². The number of carbonyl (C=O) groups excluding carboxylic acids is 3. The smallest absolute Gasteiger partial charge is 0.308 e. The van der Waals surface area contributed by atoms with Crippen molar-refractivity contribution in [2.75, 3.05) is 10.6 Å². The highest BCUT2D eigenvalue weighted by Gasteiger charge is 2.09. The molecule has 0 aliphatic heterocycles. The third-order valence-corrected chi connectivity index (χ3v) is 4.39. The van der Waals surface area contributed by atoms with Gasteiger partial charge in [-0.25, -0.2) is 0 Å². The number of hydrogen-bond donors (Lipinski definition) is 2. The minimum atomic E-state index is -0.455. The Morgan fingerprint density at radius 2 is 1.31 bits per heavy atom. The Bertz CT molecular complexity index is 1050. The average Bonchev–Trinajstić information content (AvgIpc) is 2.69. The molecule has 2 amide bonds. The van der Waals surface area contributed by atoms with Crippen LogP contribution in [0.2, 0.25) is 0 Å². The lowest BCUT2D eigenvalue weighted by Gasteiger charge is -2.09. The first-order valence-corrected chi connectivity index (χ1v) is 9.47. The molecule has 0 saturated heterocycles. The molecule has 0 heterocycles. The van der Waals surface area contributed by atoms with Crippen molar-refractivity contribution in [1.29, 1.82) is 0 Å². The molecular formula is C22H17BrN2O4. The van der Waals surface area contributed by atoms with Crippen LogP contribution in [0.25, 0.3) is 0 Å². The van der Waals surface area contributed by atoms with Crippen LogP contribution in [-0.4, -0.2) is 17.8 Å². The van der Waals surface area contributed by atoms with Gasteiger partial charge < -0.3 is 15.4 Å². The summed E-state index contributed by atoms with van der Waals surface area (Å²) < 4.78 is 5.89. The number of nitrogens with one attached hydrogen (secondary N) is 2.